The summed E-state index contributed by atoms with van der Waals surface area (Å²) in [7, 11) is 6.28. The van der Waals surface area contributed by atoms with Crippen LogP contribution in [0.3, 0.4) is 0 Å². The third-order valence-corrected chi connectivity index (χ3v) is 5.65. The highest BCUT2D eigenvalue weighted by molar-refractivity contribution is 6.01. The predicted octanol–water partition coefficient (Wildman–Crippen LogP) is 3.58. The molecule has 11 heteroatoms. The maximum atomic E-state index is 13.3. The summed E-state index contributed by atoms with van der Waals surface area (Å²) < 4.78 is 21.7. The highest BCUT2D eigenvalue weighted by Crippen LogP contribution is 2.36. The van der Waals surface area contributed by atoms with Crippen LogP contribution in [0.15, 0.2) is 42.5 Å². The number of aromatic nitrogens is 1. The van der Waals surface area contributed by atoms with E-state index in [1.807, 2.05) is 30.3 Å². The van der Waals surface area contributed by atoms with Gasteiger partial charge in [-0.2, -0.15) is 0 Å². The summed E-state index contributed by atoms with van der Waals surface area (Å²) in [5.41, 5.74) is 4.74. The first-order valence-electron chi connectivity index (χ1n) is 11.6. The maximum absolute atomic E-state index is 13.3. The summed E-state index contributed by atoms with van der Waals surface area (Å²) in [6.07, 6.45) is 1.24. The number of benzene rings is 2. The van der Waals surface area contributed by atoms with Crippen molar-refractivity contribution < 1.29 is 33.7 Å². The summed E-state index contributed by atoms with van der Waals surface area (Å²) in [6, 6.07) is 12.1. The van der Waals surface area contributed by atoms with E-state index in [9.17, 15) is 9.59 Å². The third-order valence-electron chi connectivity index (χ3n) is 5.65. The van der Waals surface area contributed by atoms with Crippen LogP contribution in [0.2, 0.25) is 0 Å². The minimum atomic E-state index is -0.671. The zero-order valence-electron chi connectivity index (χ0n) is 21.3. The molecular weight excluding hydrogens is 480 g/mol. The van der Waals surface area contributed by atoms with E-state index in [1.165, 1.54) is 5.48 Å². The van der Waals surface area contributed by atoms with Crippen molar-refractivity contribution in [1.29, 1.82) is 0 Å². The summed E-state index contributed by atoms with van der Waals surface area (Å²) >= 11 is 0. The van der Waals surface area contributed by atoms with Crippen molar-refractivity contribution in [3.8, 4) is 45.4 Å². The Morgan fingerprint density at radius 1 is 0.730 bits per heavy atom. The van der Waals surface area contributed by atoms with E-state index in [1.54, 1.807) is 40.6 Å². The fourth-order valence-corrected chi connectivity index (χ4v) is 3.72. The average molecular weight is 513 g/mol. The summed E-state index contributed by atoms with van der Waals surface area (Å²) in [5, 5.41) is 13.9. The normalized spacial score (nSPS) is 10.4. The van der Waals surface area contributed by atoms with Gasteiger partial charge in [0.2, 0.25) is 0 Å². The highest BCUT2D eigenvalue weighted by atomic mass is 16.5. The molecule has 11 nitrogen and oxygen atoms in total. The quantitative estimate of drug-likeness (QED) is 0.142. The van der Waals surface area contributed by atoms with Gasteiger partial charge in [0.15, 0.2) is 0 Å². The first-order chi connectivity index (χ1) is 17.9. The number of nitrogens with one attached hydrogen (secondary N) is 4. The van der Waals surface area contributed by atoms with E-state index in [0.29, 0.717) is 65.9 Å². The second kappa shape index (κ2) is 13.1. The Bertz CT molecular complexity index is 1180. The molecule has 0 bridgehead atoms. The summed E-state index contributed by atoms with van der Waals surface area (Å²) in [5.74, 6) is 2.11. The number of carbonyl (C=O) groups is 2. The van der Waals surface area contributed by atoms with Crippen LogP contribution in [-0.2, 0) is 0 Å². The van der Waals surface area contributed by atoms with Gasteiger partial charge in [-0.15, -0.1) is 0 Å². The molecular formula is C26H32N4O7. The Hall–Kier alpha value is -4.38. The SMILES string of the molecule is COc1cc(OC)cc(-c2cc(-c3cc(OC)cc(OC)c3)c(C(=O)NCCCCNC(=O)NO)[nH]2)c1. The lowest BCUT2D eigenvalue weighted by Crippen LogP contribution is -2.34. The zero-order valence-corrected chi connectivity index (χ0v) is 21.3. The number of hydroxylamine groups is 1. The van der Waals surface area contributed by atoms with E-state index in [0.717, 1.165) is 11.1 Å². The van der Waals surface area contributed by atoms with Crippen LogP contribution in [0, 0.1) is 0 Å². The first-order valence-corrected chi connectivity index (χ1v) is 11.6. The number of methoxy groups -OCH3 is 4. The number of aromatic amines is 1. The van der Waals surface area contributed by atoms with Crippen LogP contribution in [-0.4, -0.2) is 63.7 Å². The van der Waals surface area contributed by atoms with E-state index >= 15 is 0 Å². The molecule has 3 rings (SSSR count). The van der Waals surface area contributed by atoms with Crippen molar-refractivity contribution in [3.63, 3.8) is 0 Å². The number of H-pyrrole nitrogens is 1. The smallest absolute Gasteiger partial charge is 0.338 e. The Labute approximate surface area is 215 Å². The number of rotatable bonds is 12. The van der Waals surface area contributed by atoms with Gasteiger partial charge in [0, 0.05) is 42.0 Å². The maximum Gasteiger partial charge on any atom is 0.338 e. The number of hydrogen-bond donors (Lipinski definition) is 5. The monoisotopic (exact) mass is 512 g/mol. The Morgan fingerprint density at radius 2 is 1.22 bits per heavy atom. The molecule has 0 saturated heterocycles. The predicted molar refractivity (Wildman–Crippen MR) is 138 cm³/mol. The largest absolute Gasteiger partial charge is 0.497 e. The minimum absolute atomic E-state index is 0.293. The van der Waals surface area contributed by atoms with Crippen LogP contribution in [0.4, 0.5) is 4.79 Å². The number of hydrogen-bond acceptors (Lipinski definition) is 7. The van der Waals surface area contributed by atoms with Gasteiger partial charge >= 0.3 is 6.03 Å². The van der Waals surface area contributed by atoms with Crippen molar-refractivity contribution in [2.24, 2.45) is 0 Å². The molecule has 0 aliphatic carbocycles. The number of urea groups is 1. The molecule has 0 unspecified atom stereocenters. The molecule has 1 heterocycles. The van der Waals surface area contributed by atoms with Gasteiger partial charge in [0.1, 0.15) is 28.7 Å². The molecule has 0 aliphatic rings. The van der Waals surface area contributed by atoms with Gasteiger partial charge < -0.3 is 34.6 Å². The minimum Gasteiger partial charge on any atom is -0.497 e. The summed E-state index contributed by atoms with van der Waals surface area (Å²) in [4.78, 5) is 27.5. The molecule has 198 valence electrons. The number of amides is 3. The van der Waals surface area contributed by atoms with Crippen molar-refractivity contribution in [2.75, 3.05) is 41.5 Å². The molecule has 0 aliphatic heterocycles. The van der Waals surface area contributed by atoms with Crippen LogP contribution in [0.1, 0.15) is 23.3 Å². The molecule has 0 fully saturated rings. The lowest BCUT2D eigenvalue weighted by atomic mass is 10.0. The second-order valence-corrected chi connectivity index (χ2v) is 8.01. The zero-order chi connectivity index (χ0) is 26.8. The Morgan fingerprint density at radius 3 is 1.70 bits per heavy atom. The third kappa shape index (κ3) is 7.07. The van der Waals surface area contributed by atoms with Gasteiger partial charge in [-0.3, -0.25) is 10.0 Å². The highest BCUT2D eigenvalue weighted by Gasteiger charge is 2.20. The van der Waals surface area contributed by atoms with Crippen molar-refractivity contribution in [3.05, 3.63) is 48.2 Å². The van der Waals surface area contributed by atoms with E-state index < -0.39 is 6.03 Å². The number of carbonyl (C=O) groups excluding carboxylic acids is 2. The van der Waals surface area contributed by atoms with Crippen molar-refractivity contribution in [1.82, 2.24) is 21.1 Å². The average Bonchev–Trinajstić information content (AvgIpc) is 3.39. The fraction of sp³-hybridized carbons (Fsp3) is 0.308. The van der Waals surface area contributed by atoms with Gasteiger partial charge in [-0.1, -0.05) is 0 Å². The van der Waals surface area contributed by atoms with Gasteiger partial charge in [0.25, 0.3) is 5.91 Å². The van der Waals surface area contributed by atoms with Gasteiger partial charge in [-0.05, 0) is 48.7 Å². The summed E-state index contributed by atoms with van der Waals surface area (Å²) in [6.45, 7) is 0.755. The van der Waals surface area contributed by atoms with Crippen molar-refractivity contribution >= 4 is 11.9 Å². The lowest BCUT2D eigenvalue weighted by molar-refractivity contribution is 0.0949. The van der Waals surface area contributed by atoms with Crippen molar-refractivity contribution in [2.45, 2.75) is 12.8 Å². The molecule has 1 aromatic heterocycles. The fourth-order valence-electron chi connectivity index (χ4n) is 3.72. The standard InChI is InChI=1S/C26H32N4O7/c1-34-18-9-16(10-19(13-18)35-2)22-15-23(17-11-20(36-3)14-21(12-17)37-4)29-24(22)25(31)27-7-5-6-8-28-26(32)30-33/h9-15,29,33H,5-8H2,1-4H3,(H,27,31)(H2,28,30,32). The Balaban J connectivity index is 1.92. The number of unbranched alkanes of at least 4 members (excludes halogenated alkanes) is 1. The molecule has 3 amide bonds. The first kappa shape index (κ1) is 27.2. The number of ether oxygens (including phenoxy) is 4. The van der Waals surface area contributed by atoms with Gasteiger partial charge in [-0.25, -0.2) is 10.3 Å². The van der Waals surface area contributed by atoms with Crippen LogP contribution < -0.4 is 35.1 Å². The van der Waals surface area contributed by atoms with E-state index in [2.05, 4.69) is 15.6 Å². The van der Waals surface area contributed by atoms with Crippen LogP contribution in [0.5, 0.6) is 23.0 Å². The molecule has 0 saturated carbocycles. The molecule has 0 radical (unpaired) electrons. The topological polar surface area (TPSA) is 143 Å². The second-order valence-electron chi connectivity index (χ2n) is 8.01. The molecule has 3 aromatic rings. The Kier molecular flexibility index (Phi) is 9.61. The van der Waals surface area contributed by atoms with Crippen LogP contribution >= 0.6 is 0 Å². The molecule has 0 atom stereocenters. The molecule has 5 N–H and O–H groups in total. The van der Waals surface area contributed by atoms with Crippen LogP contribution in [0.25, 0.3) is 22.4 Å². The van der Waals surface area contributed by atoms with Gasteiger partial charge in [0.05, 0.1) is 28.4 Å². The van der Waals surface area contributed by atoms with E-state index in [4.69, 9.17) is 24.2 Å². The molecule has 0 spiro atoms. The van der Waals surface area contributed by atoms with E-state index in [-0.39, 0.29) is 5.91 Å². The molecule has 37 heavy (non-hydrogen) atoms. The lowest BCUT2D eigenvalue weighted by Gasteiger charge is -2.10. The molecule has 2 aromatic carbocycles.